The van der Waals surface area contributed by atoms with Gasteiger partial charge in [0, 0.05) is 11.5 Å². The van der Waals surface area contributed by atoms with Crippen LogP contribution in [0, 0.1) is 0 Å². The highest BCUT2D eigenvalue weighted by Gasteiger charge is 2.23. The summed E-state index contributed by atoms with van der Waals surface area (Å²) in [6.07, 6.45) is 4.73. The average molecular weight is 371 g/mol. The molecule has 0 atom stereocenters. The van der Waals surface area contributed by atoms with Gasteiger partial charge in [-0.3, -0.25) is 5.10 Å². The van der Waals surface area contributed by atoms with Crippen LogP contribution in [0.3, 0.4) is 0 Å². The number of nitrogens with two attached hydrogens (primary N) is 1. The van der Waals surface area contributed by atoms with E-state index in [2.05, 4.69) is 15.2 Å². The minimum atomic E-state index is 0.404. The Morgan fingerprint density at radius 3 is 2.36 bits per heavy atom. The van der Waals surface area contributed by atoms with Crippen molar-refractivity contribution < 1.29 is 4.74 Å². The molecule has 1 aliphatic rings. The molecule has 5 rings (SSSR count). The van der Waals surface area contributed by atoms with E-state index in [1.54, 1.807) is 0 Å². The Balaban J connectivity index is 1.53. The van der Waals surface area contributed by atoms with E-state index in [4.69, 9.17) is 15.5 Å². The van der Waals surface area contributed by atoms with Crippen LogP contribution in [0.5, 0.6) is 11.5 Å². The van der Waals surface area contributed by atoms with E-state index in [9.17, 15) is 0 Å². The van der Waals surface area contributed by atoms with Gasteiger partial charge in [-0.15, -0.1) is 0 Å². The van der Waals surface area contributed by atoms with Crippen LogP contribution >= 0.6 is 0 Å². The highest BCUT2D eigenvalue weighted by Crippen LogP contribution is 2.36. The van der Waals surface area contributed by atoms with Crippen molar-refractivity contribution in [1.82, 2.24) is 20.2 Å². The molecular weight excluding hydrogens is 350 g/mol. The Morgan fingerprint density at radius 2 is 1.61 bits per heavy atom. The summed E-state index contributed by atoms with van der Waals surface area (Å²) in [5.74, 6) is 3.35. The van der Waals surface area contributed by atoms with Crippen molar-refractivity contribution in [3.05, 3.63) is 60.4 Å². The number of rotatable bonds is 4. The van der Waals surface area contributed by atoms with Crippen LogP contribution in [0.1, 0.15) is 37.4 Å². The molecule has 2 aromatic carbocycles. The van der Waals surface area contributed by atoms with Crippen molar-refractivity contribution in [3.8, 4) is 22.8 Å². The van der Waals surface area contributed by atoms with Gasteiger partial charge < -0.3 is 10.5 Å². The van der Waals surface area contributed by atoms with Crippen molar-refractivity contribution in [1.29, 1.82) is 0 Å². The molecule has 0 saturated heterocycles. The number of aromatic amines is 1. The van der Waals surface area contributed by atoms with Crippen LogP contribution in [0.15, 0.2) is 54.6 Å². The highest BCUT2D eigenvalue weighted by atomic mass is 16.5. The molecule has 3 N–H and O–H groups in total. The second-order valence-electron chi connectivity index (χ2n) is 7.19. The Kier molecular flexibility index (Phi) is 4.16. The van der Waals surface area contributed by atoms with Gasteiger partial charge in [0.15, 0.2) is 5.65 Å². The molecule has 0 amide bonds. The fourth-order valence-corrected chi connectivity index (χ4v) is 3.84. The predicted molar refractivity (Wildman–Crippen MR) is 109 cm³/mol. The zero-order chi connectivity index (χ0) is 18.9. The number of nitrogen functional groups attached to an aromatic ring is 1. The summed E-state index contributed by atoms with van der Waals surface area (Å²) < 4.78 is 5.89. The molecule has 2 heterocycles. The maximum Gasteiger partial charge on any atom is 0.187 e. The summed E-state index contributed by atoms with van der Waals surface area (Å²) >= 11 is 0. The zero-order valence-electron chi connectivity index (χ0n) is 15.4. The molecule has 0 spiro atoms. The summed E-state index contributed by atoms with van der Waals surface area (Å²) in [6, 6.07) is 17.6. The molecule has 0 bridgehead atoms. The van der Waals surface area contributed by atoms with Crippen LogP contribution in [0.2, 0.25) is 0 Å². The van der Waals surface area contributed by atoms with Gasteiger partial charge >= 0.3 is 0 Å². The van der Waals surface area contributed by atoms with Crippen LogP contribution in [-0.2, 0) is 0 Å². The van der Waals surface area contributed by atoms with Crippen molar-refractivity contribution in [2.45, 2.75) is 31.6 Å². The third-order valence-electron chi connectivity index (χ3n) is 5.29. The fraction of sp³-hybridized carbons (Fsp3) is 0.227. The SMILES string of the molecule is Nc1[nH]nc2nc(C3CCCC3)nc(-c3ccc(Oc4ccccc4)cc3)c12. The number of H-pyrrole nitrogens is 1. The van der Waals surface area contributed by atoms with E-state index in [0.29, 0.717) is 17.4 Å². The second-order valence-corrected chi connectivity index (χ2v) is 7.19. The number of aromatic nitrogens is 4. The summed E-state index contributed by atoms with van der Waals surface area (Å²) in [5.41, 5.74) is 8.56. The van der Waals surface area contributed by atoms with Crippen LogP contribution < -0.4 is 10.5 Å². The number of anilines is 1. The van der Waals surface area contributed by atoms with Gasteiger partial charge in [0.05, 0.1) is 11.1 Å². The molecule has 2 aromatic heterocycles. The number of hydrogen-bond acceptors (Lipinski definition) is 5. The predicted octanol–water partition coefficient (Wildman–Crippen LogP) is 5.05. The molecule has 6 heteroatoms. The zero-order valence-corrected chi connectivity index (χ0v) is 15.4. The normalized spacial score (nSPS) is 14.6. The summed E-state index contributed by atoms with van der Waals surface area (Å²) in [7, 11) is 0. The van der Waals surface area contributed by atoms with Crippen molar-refractivity contribution in [2.24, 2.45) is 0 Å². The molecule has 1 aliphatic carbocycles. The lowest BCUT2D eigenvalue weighted by Gasteiger charge is -2.11. The van der Waals surface area contributed by atoms with E-state index in [0.717, 1.165) is 46.8 Å². The van der Waals surface area contributed by atoms with Gasteiger partial charge in [0.1, 0.15) is 23.1 Å². The molecule has 4 aromatic rings. The first kappa shape index (κ1) is 16.7. The summed E-state index contributed by atoms with van der Waals surface area (Å²) in [5, 5.41) is 7.91. The molecule has 0 aliphatic heterocycles. The monoisotopic (exact) mass is 371 g/mol. The largest absolute Gasteiger partial charge is 0.457 e. The van der Waals surface area contributed by atoms with Crippen LogP contribution in [-0.4, -0.2) is 20.2 Å². The number of benzene rings is 2. The Hall–Kier alpha value is -3.41. The standard InChI is InChI=1S/C22H21N5O/c23-20-18-19(24-21(15-6-4-5-7-15)25-22(18)27-26-20)14-10-12-17(13-11-14)28-16-8-2-1-3-9-16/h1-3,8-13,15H,4-7H2,(H3,23,24,25,26,27). The first-order valence-electron chi connectivity index (χ1n) is 9.63. The van der Waals surface area contributed by atoms with Crippen molar-refractivity contribution >= 4 is 16.9 Å². The third kappa shape index (κ3) is 3.07. The van der Waals surface area contributed by atoms with E-state index < -0.39 is 0 Å². The van der Waals surface area contributed by atoms with Gasteiger partial charge in [0.25, 0.3) is 0 Å². The molecule has 6 nitrogen and oxygen atoms in total. The average Bonchev–Trinajstić information content (AvgIpc) is 3.39. The summed E-state index contributed by atoms with van der Waals surface area (Å²) in [4.78, 5) is 9.59. The van der Waals surface area contributed by atoms with Gasteiger partial charge in [-0.1, -0.05) is 31.0 Å². The number of nitrogens with one attached hydrogen (secondary N) is 1. The molecular formula is C22H21N5O. The molecule has 1 saturated carbocycles. The Labute approximate surface area is 162 Å². The minimum Gasteiger partial charge on any atom is -0.457 e. The molecule has 0 unspecified atom stereocenters. The van der Waals surface area contributed by atoms with Gasteiger partial charge in [0.2, 0.25) is 0 Å². The topological polar surface area (TPSA) is 89.7 Å². The number of fused-ring (bicyclic) bond motifs is 1. The molecule has 1 fully saturated rings. The Morgan fingerprint density at radius 1 is 0.893 bits per heavy atom. The van der Waals surface area contributed by atoms with Gasteiger partial charge in [-0.25, -0.2) is 9.97 Å². The first-order valence-corrected chi connectivity index (χ1v) is 9.63. The van der Waals surface area contributed by atoms with Crippen molar-refractivity contribution in [3.63, 3.8) is 0 Å². The van der Waals surface area contributed by atoms with Gasteiger partial charge in [-0.2, -0.15) is 5.10 Å². The van der Waals surface area contributed by atoms with Crippen LogP contribution in [0.25, 0.3) is 22.3 Å². The number of hydrogen-bond donors (Lipinski definition) is 2. The molecule has 28 heavy (non-hydrogen) atoms. The van der Waals surface area contributed by atoms with E-state index in [-0.39, 0.29) is 0 Å². The van der Waals surface area contributed by atoms with Crippen molar-refractivity contribution in [2.75, 3.05) is 5.73 Å². The smallest absolute Gasteiger partial charge is 0.187 e. The number of ether oxygens (including phenoxy) is 1. The number of nitrogens with zero attached hydrogens (tertiary/aromatic N) is 3. The van der Waals surface area contributed by atoms with E-state index in [1.165, 1.54) is 12.8 Å². The van der Waals surface area contributed by atoms with Gasteiger partial charge in [-0.05, 0) is 49.2 Å². The molecule has 0 radical (unpaired) electrons. The second kappa shape index (κ2) is 6.96. The lowest BCUT2D eigenvalue weighted by Crippen LogP contribution is -2.03. The molecule has 140 valence electrons. The van der Waals surface area contributed by atoms with E-state index >= 15 is 0 Å². The summed E-state index contributed by atoms with van der Waals surface area (Å²) in [6.45, 7) is 0. The third-order valence-corrected chi connectivity index (χ3v) is 5.29. The van der Waals surface area contributed by atoms with Crippen LogP contribution in [0.4, 0.5) is 5.82 Å². The Bertz CT molecular complexity index is 1100. The first-order chi connectivity index (χ1) is 13.8. The quantitative estimate of drug-likeness (QED) is 0.524. The highest BCUT2D eigenvalue weighted by molar-refractivity contribution is 5.97. The maximum atomic E-state index is 6.13. The maximum absolute atomic E-state index is 6.13. The minimum absolute atomic E-state index is 0.404. The lowest BCUT2D eigenvalue weighted by atomic mass is 10.0. The van der Waals surface area contributed by atoms with E-state index in [1.807, 2.05) is 54.6 Å². The fourth-order valence-electron chi connectivity index (χ4n) is 3.84. The number of para-hydroxylation sites is 1. The lowest BCUT2D eigenvalue weighted by molar-refractivity contribution is 0.483.